The van der Waals surface area contributed by atoms with Crippen molar-refractivity contribution in [1.29, 1.82) is 10.8 Å². The van der Waals surface area contributed by atoms with Gasteiger partial charge in [-0.2, -0.15) is 0 Å². The minimum atomic E-state index is -0.395. The molecule has 8 nitrogen and oxygen atoms in total. The number of anilines is 1. The molecule has 3 aromatic carbocycles. The van der Waals surface area contributed by atoms with Crippen LogP contribution in [0.25, 0.3) is 10.9 Å². The fraction of sp³-hybridized carbons (Fsp3) is 0.200. The molecule has 1 amide bonds. The number of hydrogen-bond acceptors (Lipinski definition) is 5. The number of aromatic amines is 1. The number of nitrogens with one attached hydrogen (secondary N) is 4. The molecule has 6 N–H and O–H groups in total. The highest BCUT2D eigenvalue weighted by atomic mass is 16.1. The number of hydrogen-bond donors (Lipinski definition) is 5. The molecule has 0 spiro atoms. The van der Waals surface area contributed by atoms with Crippen LogP contribution >= 0.6 is 0 Å². The van der Waals surface area contributed by atoms with Crippen molar-refractivity contribution < 1.29 is 4.79 Å². The zero-order valence-electron chi connectivity index (χ0n) is 24.7. The summed E-state index contributed by atoms with van der Waals surface area (Å²) in [5, 5.41) is 21.4. The first kappa shape index (κ1) is 30.7. The number of aryl methyl sites for hydroxylation is 3. The Morgan fingerprint density at radius 3 is 2.28 bits per heavy atom. The van der Waals surface area contributed by atoms with Crippen molar-refractivity contribution in [1.82, 2.24) is 20.2 Å². The minimum Gasteiger partial charge on any atom is -0.383 e. The Balaban J connectivity index is 0.000000353. The molecule has 8 heteroatoms. The average molecular weight is 574 g/mol. The van der Waals surface area contributed by atoms with E-state index in [1.54, 1.807) is 17.0 Å². The van der Waals surface area contributed by atoms with Crippen molar-refractivity contribution >= 4 is 34.3 Å². The quantitative estimate of drug-likeness (QED) is 0.101. The summed E-state index contributed by atoms with van der Waals surface area (Å²) in [6, 6.07) is 29.7. The summed E-state index contributed by atoms with van der Waals surface area (Å²) < 4.78 is 0. The van der Waals surface area contributed by atoms with Gasteiger partial charge in [-0.3, -0.25) is 15.6 Å². The van der Waals surface area contributed by atoms with Crippen molar-refractivity contribution in [3.05, 3.63) is 131 Å². The fourth-order valence-electron chi connectivity index (χ4n) is 4.64. The molecule has 0 aliphatic rings. The maximum Gasteiger partial charge on any atom is 0.255 e. The van der Waals surface area contributed by atoms with Gasteiger partial charge in [-0.15, -0.1) is 0 Å². The second-order valence-electron chi connectivity index (χ2n) is 10.3. The normalized spacial score (nSPS) is 10.5. The molecule has 2 aromatic heterocycles. The fourth-order valence-corrected chi connectivity index (χ4v) is 4.64. The highest BCUT2D eigenvalue weighted by Gasteiger charge is 2.18. The molecule has 0 aliphatic heterocycles. The van der Waals surface area contributed by atoms with Gasteiger partial charge in [0.1, 0.15) is 17.5 Å². The van der Waals surface area contributed by atoms with Crippen LogP contribution in [-0.4, -0.2) is 39.0 Å². The second-order valence-corrected chi connectivity index (χ2v) is 10.3. The van der Waals surface area contributed by atoms with Crippen LogP contribution in [-0.2, 0) is 19.4 Å². The molecular weight excluding hydrogens is 534 g/mol. The number of para-hydroxylation sites is 1. The summed E-state index contributed by atoms with van der Waals surface area (Å²) in [6.45, 7) is 4.59. The molecule has 0 saturated heterocycles. The van der Waals surface area contributed by atoms with E-state index in [9.17, 15) is 4.79 Å². The molecule has 5 rings (SSSR count). The molecule has 0 fully saturated rings. The second kappa shape index (κ2) is 15.1. The number of fused-ring (bicyclic) bond motifs is 1. The predicted octanol–water partition coefficient (Wildman–Crippen LogP) is 6.52. The average Bonchev–Trinajstić information content (AvgIpc) is 3.43. The Labute approximate surface area is 253 Å². The predicted molar refractivity (Wildman–Crippen MR) is 176 cm³/mol. The van der Waals surface area contributed by atoms with Crippen molar-refractivity contribution in [3.63, 3.8) is 0 Å². The van der Waals surface area contributed by atoms with Gasteiger partial charge in [0.25, 0.3) is 5.91 Å². The van der Waals surface area contributed by atoms with Crippen LogP contribution in [0.5, 0.6) is 0 Å². The number of amidine groups is 2. The molecule has 2 heterocycles. The van der Waals surface area contributed by atoms with E-state index in [4.69, 9.17) is 16.6 Å². The number of aromatic nitrogens is 2. The first-order chi connectivity index (χ1) is 20.9. The van der Waals surface area contributed by atoms with E-state index >= 15 is 0 Å². The number of amides is 1. The molecular formula is C35H39N7O. The molecule has 0 atom stereocenters. The third-order valence-corrected chi connectivity index (χ3v) is 7.21. The summed E-state index contributed by atoms with van der Waals surface area (Å²) in [7, 11) is 0. The van der Waals surface area contributed by atoms with Gasteiger partial charge in [0.15, 0.2) is 0 Å². The molecule has 0 aliphatic carbocycles. The van der Waals surface area contributed by atoms with Gasteiger partial charge in [0.2, 0.25) is 0 Å². The lowest BCUT2D eigenvalue weighted by Crippen LogP contribution is -2.42. The monoisotopic (exact) mass is 573 g/mol. The highest BCUT2D eigenvalue weighted by molar-refractivity contribution is 6.03. The van der Waals surface area contributed by atoms with E-state index in [0.29, 0.717) is 25.2 Å². The van der Waals surface area contributed by atoms with Gasteiger partial charge in [0.05, 0.1) is 18.7 Å². The van der Waals surface area contributed by atoms with Crippen molar-refractivity contribution in [3.8, 4) is 0 Å². The van der Waals surface area contributed by atoms with Crippen LogP contribution in [0.3, 0.4) is 0 Å². The van der Waals surface area contributed by atoms with Crippen LogP contribution < -0.4 is 11.1 Å². The molecule has 43 heavy (non-hydrogen) atoms. The van der Waals surface area contributed by atoms with E-state index < -0.39 is 5.91 Å². The topological polar surface area (TPSA) is 135 Å². The molecule has 0 bridgehead atoms. The molecule has 0 radical (unpaired) electrons. The van der Waals surface area contributed by atoms with E-state index in [2.05, 4.69) is 59.5 Å². The van der Waals surface area contributed by atoms with Gasteiger partial charge in [-0.05, 0) is 60.2 Å². The minimum absolute atomic E-state index is 0.0199. The van der Waals surface area contributed by atoms with Gasteiger partial charge >= 0.3 is 0 Å². The third-order valence-electron chi connectivity index (χ3n) is 7.21. The van der Waals surface area contributed by atoms with Crippen LogP contribution in [0, 0.1) is 17.7 Å². The summed E-state index contributed by atoms with van der Waals surface area (Å²) >= 11 is 0. The largest absolute Gasteiger partial charge is 0.383 e. The number of rotatable bonds is 9. The number of nitrogen functional groups attached to an aromatic ring is 1. The Kier molecular flexibility index (Phi) is 10.8. The summed E-state index contributed by atoms with van der Waals surface area (Å²) in [5.41, 5.74) is 12.0. The maximum atomic E-state index is 12.5. The molecule has 0 saturated carbocycles. The van der Waals surface area contributed by atoms with Gasteiger partial charge in [-0.25, -0.2) is 4.98 Å². The standard InChI is InChI=1S/C26H30N6O.C9H9N/c1-2-19-10-12-21(13-11-19)18-32(23(27)15-14-20-7-4-3-5-8-20)24(28)17-31-26(33)22-9-6-16-30-25(22)29;1-7-6-10-9-5-3-2-4-8(7)9/h3-13,16,27-28H,2,14-15,17-18H2,1H3,(H2,29,30)(H,31,33);2-6,10H,1H3. The van der Waals surface area contributed by atoms with E-state index in [1.807, 2.05) is 54.7 Å². The van der Waals surface area contributed by atoms with Crippen molar-refractivity contribution in [2.75, 3.05) is 12.3 Å². The van der Waals surface area contributed by atoms with E-state index in [0.717, 1.165) is 17.5 Å². The first-order valence-electron chi connectivity index (χ1n) is 14.4. The van der Waals surface area contributed by atoms with Crippen LogP contribution in [0.15, 0.2) is 103 Å². The Morgan fingerprint density at radius 2 is 1.58 bits per heavy atom. The van der Waals surface area contributed by atoms with Crippen LogP contribution in [0.2, 0.25) is 0 Å². The smallest absolute Gasteiger partial charge is 0.255 e. The highest BCUT2D eigenvalue weighted by Crippen LogP contribution is 2.16. The number of H-pyrrole nitrogens is 1. The van der Waals surface area contributed by atoms with Gasteiger partial charge in [0, 0.05) is 29.7 Å². The summed E-state index contributed by atoms with van der Waals surface area (Å²) in [6.07, 6.45) is 5.70. The number of carbonyl (C=O) groups excluding carboxylic acids is 1. The van der Waals surface area contributed by atoms with E-state index in [-0.39, 0.29) is 23.8 Å². The summed E-state index contributed by atoms with van der Waals surface area (Å²) in [5.74, 6) is 0.223. The maximum absolute atomic E-state index is 12.5. The van der Waals surface area contributed by atoms with Gasteiger partial charge in [-0.1, -0.05) is 79.7 Å². The third kappa shape index (κ3) is 8.63. The Morgan fingerprint density at radius 1 is 0.884 bits per heavy atom. The number of nitrogens with zero attached hydrogens (tertiary/aromatic N) is 2. The summed E-state index contributed by atoms with van der Waals surface area (Å²) in [4.78, 5) is 21.3. The van der Waals surface area contributed by atoms with Crippen molar-refractivity contribution in [2.24, 2.45) is 0 Å². The number of benzene rings is 3. The lowest BCUT2D eigenvalue weighted by atomic mass is 10.1. The Hall–Kier alpha value is -5.24. The zero-order valence-corrected chi connectivity index (χ0v) is 24.7. The zero-order chi connectivity index (χ0) is 30.6. The molecule has 0 unspecified atom stereocenters. The van der Waals surface area contributed by atoms with Crippen LogP contribution in [0.1, 0.15) is 46.0 Å². The first-order valence-corrected chi connectivity index (χ1v) is 14.4. The lowest BCUT2D eigenvalue weighted by molar-refractivity contribution is 0.0959. The molecule has 5 aromatic rings. The SMILES string of the molecule is CCc1ccc(CN(C(=N)CCc2ccccc2)C(=N)CNC(=O)c2cccnc2N)cc1.Cc1c[nH]c2ccccc12. The number of pyridine rings is 1. The van der Waals surface area contributed by atoms with Crippen molar-refractivity contribution in [2.45, 2.75) is 39.7 Å². The molecule has 220 valence electrons. The van der Waals surface area contributed by atoms with Crippen LogP contribution in [0.4, 0.5) is 5.82 Å². The van der Waals surface area contributed by atoms with E-state index in [1.165, 1.54) is 28.2 Å². The number of carbonyl (C=O) groups is 1. The lowest BCUT2D eigenvalue weighted by Gasteiger charge is -2.26. The Bertz CT molecular complexity index is 1660. The number of nitrogens with two attached hydrogens (primary N) is 1. The van der Waals surface area contributed by atoms with Gasteiger partial charge < -0.3 is 20.9 Å².